The van der Waals surface area contributed by atoms with Crippen LogP contribution in [-0.2, 0) is 38.1 Å². The van der Waals surface area contributed by atoms with Gasteiger partial charge in [0.1, 0.15) is 12.7 Å². The standard InChI is InChI=1S/C18H29NO8/c1-9(2)7-14-16(19-10(3)20)18(26-13(6)23)17(25-12(5)22)15(27-14)8-24-11(4)21/h9,14-18H,7-8H2,1-6H3,(H,19,20)/t14-,15?,16?,17+,18?/m0/s1. The Morgan fingerprint density at radius 3 is 1.89 bits per heavy atom. The van der Waals surface area contributed by atoms with E-state index in [1.54, 1.807) is 0 Å². The fourth-order valence-electron chi connectivity index (χ4n) is 3.09. The summed E-state index contributed by atoms with van der Waals surface area (Å²) in [7, 11) is 0. The SMILES string of the molecule is CC(=O)NC1C(OC(C)=O)[C@H](OC(C)=O)C(COC(C)=O)O[C@H]1CC(C)C. The van der Waals surface area contributed by atoms with Crippen molar-refractivity contribution < 1.29 is 38.1 Å². The number of carbonyl (C=O) groups excluding carboxylic acids is 4. The molecule has 0 spiro atoms. The second-order valence-electron chi connectivity index (χ2n) is 7.02. The highest BCUT2D eigenvalue weighted by Gasteiger charge is 2.50. The number of ether oxygens (including phenoxy) is 4. The van der Waals surface area contributed by atoms with Gasteiger partial charge in [0, 0.05) is 27.7 Å². The van der Waals surface area contributed by atoms with Crippen molar-refractivity contribution in [1.82, 2.24) is 5.32 Å². The first-order valence-corrected chi connectivity index (χ1v) is 8.91. The molecule has 0 aliphatic carbocycles. The Kier molecular flexibility index (Phi) is 8.68. The third-order valence-corrected chi connectivity index (χ3v) is 3.92. The first-order valence-electron chi connectivity index (χ1n) is 8.91. The molecule has 154 valence electrons. The number of hydrogen-bond donors (Lipinski definition) is 1. The summed E-state index contributed by atoms with van der Waals surface area (Å²) in [5, 5.41) is 2.74. The van der Waals surface area contributed by atoms with Crippen LogP contribution in [0.5, 0.6) is 0 Å². The van der Waals surface area contributed by atoms with Gasteiger partial charge < -0.3 is 24.3 Å². The molecular formula is C18H29NO8. The van der Waals surface area contributed by atoms with Crippen molar-refractivity contribution in [2.75, 3.05) is 6.61 Å². The normalized spacial score (nSPS) is 27.6. The largest absolute Gasteiger partial charge is 0.463 e. The molecule has 1 rings (SSSR count). The molecule has 0 bridgehead atoms. The van der Waals surface area contributed by atoms with Gasteiger partial charge in [-0.1, -0.05) is 13.8 Å². The monoisotopic (exact) mass is 387 g/mol. The molecule has 3 unspecified atom stereocenters. The zero-order chi connectivity index (χ0) is 20.7. The lowest BCUT2D eigenvalue weighted by molar-refractivity contribution is -0.225. The van der Waals surface area contributed by atoms with Gasteiger partial charge in [0.2, 0.25) is 5.91 Å². The summed E-state index contributed by atoms with van der Waals surface area (Å²) in [5.41, 5.74) is 0. The van der Waals surface area contributed by atoms with Crippen LogP contribution in [0, 0.1) is 5.92 Å². The lowest BCUT2D eigenvalue weighted by atomic mass is 9.88. The predicted octanol–water partition coefficient (Wildman–Crippen LogP) is 0.731. The quantitative estimate of drug-likeness (QED) is 0.502. The maximum atomic E-state index is 11.7. The highest BCUT2D eigenvalue weighted by Crippen LogP contribution is 2.30. The van der Waals surface area contributed by atoms with Crippen molar-refractivity contribution in [3.63, 3.8) is 0 Å². The van der Waals surface area contributed by atoms with Gasteiger partial charge in [-0.15, -0.1) is 0 Å². The summed E-state index contributed by atoms with van der Waals surface area (Å²) < 4.78 is 21.8. The van der Waals surface area contributed by atoms with E-state index in [1.165, 1.54) is 27.7 Å². The molecule has 5 atom stereocenters. The molecule has 0 saturated carbocycles. The smallest absolute Gasteiger partial charge is 0.303 e. The first-order chi connectivity index (χ1) is 12.5. The van der Waals surface area contributed by atoms with E-state index in [4.69, 9.17) is 18.9 Å². The van der Waals surface area contributed by atoms with E-state index in [2.05, 4.69) is 5.32 Å². The number of amides is 1. The van der Waals surface area contributed by atoms with Crippen LogP contribution in [0.4, 0.5) is 0 Å². The summed E-state index contributed by atoms with van der Waals surface area (Å²) >= 11 is 0. The lowest BCUT2D eigenvalue weighted by Gasteiger charge is -2.45. The molecule has 27 heavy (non-hydrogen) atoms. The molecule has 1 aliphatic heterocycles. The minimum atomic E-state index is -1.04. The summed E-state index contributed by atoms with van der Waals surface area (Å²) in [6, 6.07) is -0.716. The first kappa shape index (κ1) is 22.9. The van der Waals surface area contributed by atoms with Crippen molar-refractivity contribution >= 4 is 23.8 Å². The van der Waals surface area contributed by atoms with E-state index in [0.29, 0.717) is 6.42 Å². The number of rotatable bonds is 7. The Bertz CT molecular complexity index is 562. The zero-order valence-corrected chi connectivity index (χ0v) is 16.6. The molecule has 9 nitrogen and oxygen atoms in total. The van der Waals surface area contributed by atoms with Crippen molar-refractivity contribution in [3.8, 4) is 0 Å². The van der Waals surface area contributed by atoms with E-state index < -0.39 is 48.4 Å². The van der Waals surface area contributed by atoms with E-state index in [-0.39, 0.29) is 18.4 Å². The molecule has 1 heterocycles. The van der Waals surface area contributed by atoms with Gasteiger partial charge in [-0.05, 0) is 12.3 Å². The molecule has 1 fully saturated rings. The summed E-state index contributed by atoms with van der Waals surface area (Å²) in [6.45, 7) is 8.81. The molecule has 0 radical (unpaired) electrons. The second-order valence-corrected chi connectivity index (χ2v) is 7.02. The highest BCUT2D eigenvalue weighted by atomic mass is 16.6. The van der Waals surface area contributed by atoms with Crippen LogP contribution >= 0.6 is 0 Å². The van der Waals surface area contributed by atoms with Crippen molar-refractivity contribution in [1.29, 1.82) is 0 Å². The van der Waals surface area contributed by atoms with Gasteiger partial charge in [0.25, 0.3) is 0 Å². The molecule has 0 aromatic carbocycles. The molecule has 0 aromatic rings. The van der Waals surface area contributed by atoms with Gasteiger partial charge in [-0.3, -0.25) is 19.2 Å². The number of hydrogen-bond acceptors (Lipinski definition) is 8. The minimum absolute atomic E-state index is 0.174. The Balaban J connectivity index is 3.27. The molecular weight excluding hydrogens is 358 g/mol. The Labute approximate surface area is 159 Å². The highest BCUT2D eigenvalue weighted by molar-refractivity contribution is 5.73. The van der Waals surface area contributed by atoms with E-state index in [0.717, 1.165) is 0 Å². The van der Waals surface area contributed by atoms with Gasteiger partial charge in [-0.25, -0.2) is 0 Å². The fraction of sp³-hybridized carbons (Fsp3) is 0.778. The molecule has 1 amide bonds. The van der Waals surface area contributed by atoms with Crippen LogP contribution in [0.25, 0.3) is 0 Å². The van der Waals surface area contributed by atoms with Crippen LogP contribution in [0.1, 0.15) is 48.0 Å². The summed E-state index contributed by atoms with van der Waals surface area (Å²) in [5.74, 6) is -1.85. The van der Waals surface area contributed by atoms with Crippen LogP contribution in [0.15, 0.2) is 0 Å². The van der Waals surface area contributed by atoms with Crippen LogP contribution in [-0.4, -0.2) is 60.9 Å². The van der Waals surface area contributed by atoms with Crippen molar-refractivity contribution in [2.45, 2.75) is 78.4 Å². The number of esters is 3. The molecule has 1 aliphatic rings. The Morgan fingerprint density at radius 1 is 0.889 bits per heavy atom. The van der Waals surface area contributed by atoms with Gasteiger partial charge in [-0.2, -0.15) is 0 Å². The van der Waals surface area contributed by atoms with Gasteiger partial charge >= 0.3 is 17.9 Å². The second kappa shape index (κ2) is 10.2. The minimum Gasteiger partial charge on any atom is -0.463 e. The van der Waals surface area contributed by atoms with Crippen molar-refractivity contribution in [2.24, 2.45) is 5.92 Å². The third-order valence-electron chi connectivity index (χ3n) is 3.92. The number of nitrogens with one attached hydrogen (secondary N) is 1. The zero-order valence-electron chi connectivity index (χ0n) is 16.6. The third kappa shape index (κ3) is 7.54. The number of carbonyl (C=O) groups is 4. The average Bonchev–Trinajstić information content (AvgIpc) is 2.49. The van der Waals surface area contributed by atoms with E-state index in [1.807, 2.05) is 13.8 Å². The fourth-order valence-corrected chi connectivity index (χ4v) is 3.09. The predicted molar refractivity (Wildman–Crippen MR) is 93.5 cm³/mol. The van der Waals surface area contributed by atoms with E-state index in [9.17, 15) is 19.2 Å². The Hall–Kier alpha value is -2.16. The molecule has 1 N–H and O–H groups in total. The maximum Gasteiger partial charge on any atom is 0.303 e. The molecule has 0 aromatic heterocycles. The van der Waals surface area contributed by atoms with Crippen molar-refractivity contribution in [3.05, 3.63) is 0 Å². The topological polar surface area (TPSA) is 117 Å². The summed E-state index contributed by atoms with van der Waals surface area (Å²) in [4.78, 5) is 46.2. The maximum absolute atomic E-state index is 11.7. The van der Waals surface area contributed by atoms with Crippen LogP contribution in [0.3, 0.4) is 0 Å². The van der Waals surface area contributed by atoms with Crippen LogP contribution in [0.2, 0.25) is 0 Å². The average molecular weight is 387 g/mol. The van der Waals surface area contributed by atoms with Gasteiger partial charge in [0.15, 0.2) is 12.2 Å². The summed E-state index contributed by atoms with van der Waals surface area (Å²) in [6.07, 6.45) is -2.83. The lowest BCUT2D eigenvalue weighted by Crippen LogP contribution is -2.66. The van der Waals surface area contributed by atoms with Gasteiger partial charge in [0.05, 0.1) is 12.1 Å². The van der Waals surface area contributed by atoms with E-state index >= 15 is 0 Å². The van der Waals surface area contributed by atoms with Crippen LogP contribution < -0.4 is 5.32 Å². The Morgan fingerprint density at radius 2 is 1.44 bits per heavy atom. The molecule has 1 saturated heterocycles. The molecule has 9 heteroatoms.